The summed E-state index contributed by atoms with van der Waals surface area (Å²) in [5, 5.41) is 11.5. The van der Waals surface area contributed by atoms with Crippen LogP contribution in [0.2, 0.25) is 0 Å². The van der Waals surface area contributed by atoms with Crippen LogP contribution in [0.5, 0.6) is 0 Å². The Morgan fingerprint density at radius 2 is 2.15 bits per heavy atom. The van der Waals surface area contributed by atoms with Crippen molar-refractivity contribution in [3.8, 4) is 0 Å². The number of aromatic nitrogens is 2. The predicted octanol–water partition coefficient (Wildman–Crippen LogP) is 2.47. The highest BCUT2D eigenvalue weighted by Gasteiger charge is 2.61. The predicted molar refractivity (Wildman–Crippen MR) is 100.0 cm³/mol. The van der Waals surface area contributed by atoms with Gasteiger partial charge >= 0.3 is 0 Å². The standard InChI is InChI=1S/C21H24N4O/c26-20(18-13-21(18)10-9-15-5-1-2-7-17(15)21)23-16-6-4-12-25(14-16)19-8-3-11-22-24-19/h1-3,5,7-8,11,16,18H,4,6,9-10,12-14H2,(H,23,26)/t16-,18+,21-/m1/s1. The molecule has 1 amide bonds. The first-order valence-electron chi connectivity index (χ1n) is 9.68. The lowest BCUT2D eigenvalue weighted by Crippen LogP contribution is -2.48. The fourth-order valence-corrected chi connectivity index (χ4v) is 5.01. The van der Waals surface area contributed by atoms with E-state index < -0.39 is 0 Å². The zero-order chi connectivity index (χ0) is 17.6. The van der Waals surface area contributed by atoms with Crippen molar-refractivity contribution in [2.45, 2.75) is 43.6 Å². The highest BCUT2D eigenvalue weighted by molar-refractivity contribution is 5.85. The average Bonchev–Trinajstić information content (AvgIpc) is 3.32. The molecule has 2 aliphatic carbocycles. The SMILES string of the molecule is O=C(N[C@@H]1CCCN(c2cccnn2)C1)[C@@H]1C[C@@]12CCc1ccccc12. The Hall–Kier alpha value is -2.43. The van der Waals surface area contributed by atoms with E-state index in [2.05, 4.69) is 44.7 Å². The number of fused-ring (bicyclic) bond motifs is 2. The van der Waals surface area contributed by atoms with E-state index in [-0.39, 0.29) is 23.3 Å². The van der Waals surface area contributed by atoms with Crippen molar-refractivity contribution in [2.24, 2.45) is 5.92 Å². The molecule has 5 heteroatoms. The number of benzene rings is 1. The number of nitrogens with one attached hydrogen (secondary N) is 1. The van der Waals surface area contributed by atoms with Crippen LogP contribution in [0, 0.1) is 5.92 Å². The highest BCUT2D eigenvalue weighted by atomic mass is 16.2. The summed E-state index contributed by atoms with van der Waals surface area (Å²) < 4.78 is 0. The normalized spacial score (nSPS) is 29.5. The van der Waals surface area contributed by atoms with Gasteiger partial charge < -0.3 is 10.2 Å². The molecule has 5 nitrogen and oxygen atoms in total. The molecule has 0 unspecified atom stereocenters. The lowest BCUT2D eigenvalue weighted by atomic mass is 9.95. The zero-order valence-corrected chi connectivity index (χ0v) is 14.9. The van der Waals surface area contributed by atoms with Crippen LogP contribution in [0.1, 0.15) is 36.8 Å². The Balaban J connectivity index is 1.24. The van der Waals surface area contributed by atoms with E-state index in [4.69, 9.17) is 0 Å². The van der Waals surface area contributed by atoms with Crippen LogP contribution in [0.15, 0.2) is 42.6 Å². The molecule has 26 heavy (non-hydrogen) atoms. The number of hydrogen-bond acceptors (Lipinski definition) is 4. The molecule has 1 aliphatic heterocycles. The molecule has 0 bridgehead atoms. The van der Waals surface area contributed by atoms with E-state index in [1.807, 2.05) is 12.1 Å². The third-order valence-corrected chi connectivity index (χ3v) is 6.44. The van der Waals surface area contributed by atoms with Crippen molar-refractivity contribution in [2.75, 3.05) is 18.0 Å². The van der Waals surface area contributed by atoms with Gasteiger partial charge in [0.15, 0.2) is 5.82 Å². The summed E-state index contributed by atoms with van der Waals surface area (Å²) in [5.74, 6) is 1.30. The van der Waals surface area contributed by atoms with Crippen LogP contribution < -0.4 is 10.2 Å². The second-order valence-corrected chi connectivity index (χ2v) is 7.95. The first kappa shape index (κ1) is 15.8. The summed E-state index contributed by atoms with van der Waals surface area (Å²) in [6.07, 6.45) is 7.05. The summed E-state index contributed by atoms with van der Waals surface area (Å²) in [7, 11) is 0. The molecule has 1 aromatic carbocycles. The van der Waals surface area contributed by atoms with Crippen LogP contribution in [0.3, 0.4) is 0 Å². The van der Waals surface area contributed by atoms with E-state index in [1.165, 1.54) is 11.1 Å². The van der Waals surface area contributed by atoms with Gasteiger partial charge in [-0.05, 0) is 55.4 Å². The second-order valence-electron chi connectivity index (χ2n) is 7.95. The van der Waals surface area contributed by atoms with E-state index in [0.717, 1.165) is 51.0 Å². The molecule has 3 atom stereocenters. The van der Waals surface area contributed by atoms with Crippen molar-refractivity contribution < 1.29 is 4.79 Å². The molecule has 134 valence electrons. The molecule has 1 aromatic heterocycles. The molecule has 2 fully saturated rings. The van der Waals surface area contributed by atoms with Gasteiger partial charge in [-0.3, -0.25) is 4.79 Å². The molecular weight excluding hydrogens is 324 g/mol. The maximum Gasteiger partial charge on any atom is 0.224 e. The van der Waals surface area contributed by atoms with Crippen LogP contribution in [-0.4, -0.2) is 35.2 Å². The molecule has 1 saturated carbocycles. The Bertz CT molecular complexity index is 824. The minimum atomic E-state index is 0.125. The summed E-state index contributed by atoms with van der Waals surface area (Å²) >= 11 is 0. The number of anilines is 1. The highest BCUT2D eigenvalue weighted by Crippen LogP contribution is 2.61. The molecule has 5 rings (SSSR count). The number of aryl methyl sites for hydroxylation is 1. The minimum absolute atomic E-state index is 0.125. The van der Waals surface area contributed by atoms with Crippen LogP contribution in [0.4, 0.5) is 5.82 Å². The van der Waals surface area contributed by atoms with Gasteiger partial charge in [-0.1, -0.05) is 24.3 Å². The fraction of sp³-hybridized carbons (Fsp3) is 0.476. The lowest BCUT2D eigenvalue weighted by molar-refractivity contribution is -0.123. The second kappa shape index (κ2) is 6.08. The summed E-state index contributed by atoms with van der Waals surface area (Å²) in [6.45, 7) is 1.80. The molecular formula is C21H24N4O. The Kier molecular flexibility index (Phi) is 3.69. The van der Waals surface area contributed by atoms with Gasteiger partial charge in [0, 0.05) is 36.7 Å². The lowest BCUT2D eigenvalue weighted by Gasteiger charge is -2.33. The topological polar surface area (TPSA) is 58.1 Å². The number of amides is 1. The third kappa shape index (κ3) is 2.57. The molecule has 0 radical (unpaired) electrons. The summed E-state index contributed by atoms with van der Waals surface area (Å²) in [4.78, 5) is 15.2. The molecule has 1 spiro atoms. The van der Waals surface area contributed by atoms with Gasteiger partial charge in [0.25, 0.3) is 0 Å². The monoisotopic (exact) mass is 348 g/mol. The Morgan fingerprint density at radius 3 is 3.04 bits per heavy atom. The largest absolute Gasteiger partial charge is 0.353 e. The third-order valence-electron chi connectivity index (χ3n) is 6.44. The minimum Gasteiger partial charge on any atom is -0.353 e. The zero-order valence-electron chi connectivity index (χ0n) is 14.9. The molecule has 1 N–H and O–H groups in total. The number of nitrogens with zero attached hydrogens (tertiary/aromatic N) is 3. The van der Waals surface area contributed by atoms with Crippen molar-refractivity contribution in [3.63, 3.8) is 0 Å². The quantitative estimate of drug-likeness (QED) is 0.926. The first-order chi connectivity index (χ1) is 12.8. The smallest absolute Gasteiger partial charge is 0.224 e. The van der Waals surface area contributed by atoms with E-state index in [0.29, 0.717) is 0 Å². The summed E-state index contributed by atoms with van der Waals surface area (Å²) in [5.41, 5.74) is 2.99. The van der Waals surface area contributed by atoms with Gasteiger partial charge in [-0.25, -0.2) is 0 Å². The summed E-state index contributed by atoms with van der Waals surface area (Å²) in [6, 6.07) is 12.8. The van der Waals surface area contributed by atoms with Gasteiger partial charge in [0.05, 0.1) is 0 Å². The van der Waals surface area contributed by atoms with Gasteiger partial charge in [-0.15, -0.1) is 5.10 Å². The van der Waals surface area contributed by atoms with Gasteiger partial charge in [-0.2, -0.15) is 5.10 Å². The van der Waals surface area contributed by atoms with E-state index >= 15 is 0 Å². The van der Waals surface area contributed by atoms with Crippen molar-refractivity contribution in [1.82, 2.24) is 15.5 Å². The van der Waals surface area contributed by atoms with Gasteiger partial charge in [0.2, 0.25) is 5.91 Å². The Morgan fingerprint density at radius 1 is 1.23 bits per heavy atom. The van der Waals surface area contributed by atoms with Gasteiger partial charge in [0.1, 0.15) is 0 Å². The molecule has 3 aliphatic rings. The van der Waals surface area contributed by atoms with Crippen LogP contribution in [0.25, 0.3) is 0 Å². The van der Waals surface area contributed by atoms with Crippen molar-refractivity contribution in [1.29, 1.82) is 0 Å². The first-order valence-corrected chi connectivity index (χ1v) is 9.68. The van der Waals surface area contributed by atoms with Crippen molar-refractivity contribution in [3.05, 3.63) is 53.7 Å². The van der Waals surface area contributed by atoms with E-state index in [1.54, 1.807) is 6.20 Å². The van der Waals surface area contributed by atoms with Crippen molar-refractivity contribution >= 4 is 11.7 Å². The number of carbonyl (C=O) groups is 1. The maximum atomic E-state index is 12.9. The number of carbonyl (C=O) groups excluding carboxylic acids is 1. The molecule has 2 aromatic rings. The number of hydrogen-bond donors (Lipinski definition) is 1. The van der Waals surface area contributed by atoms with Crippen LogP contribution in [-0.2, 0) is 16.6 Å². The Labute approximate surface area is 153 Å². The maximum absolute atomic E-state index is 12.9. The van der Waals surface area contributed by atoms with Crippen LogP contribution >= 0.6 is 0 Å². The van der Waals surface area contributed by atoms with E-state index in [9.17, 15) is 4.79 Å². The fourth-order valence-electron chi connectivity index (χ4n) is 5.01. The average molecular weight is 348 g/mol. The molecule has 2 heterocycles. The molecule has 1 saturated heterocycles. The number of rotatable bonds is 3. The number of piperidine rings is 1.